The van der Waals surface area contributed by atoms with Crippen LogP contribution in [0.2, 0.25) is 0 Å². The molecule has 6 aliphatic carbocycles. The van der Waals surface area contributed by atoms with Crippen molar-refractivity contribution in [3.05, 3.63) is 146 Å². The van der Waals surface area contributed by atoms with Crippen LogP contribution in [0.3, 0.4) is 0 Å². The minimum absolute atomic E-state index is 0. The molecule has 0 aliphatic heterocycles. The first-order chi connectivity index (χ1) is 45.6. The number of fused-ring (bicyclic) bond motifs is 9. The van der Waals surface area contributed by atoms with Crippen LogP contribution in [-0.2, 0) is 47.4 Å². The normalized spacial score (nSPS) is 23.6. The van der Waals surface area contributed by atoms with E-state index in [4.69, 9.17) is 0 Å². The fraction of sp³-hybridized carbons (Fsp3) is 0.595. The number of alkyl halides is 6. The molecule has 3 unspecified atom stereocenters. The van der Waals surface area contributed by atoms with Gasteiger partial charge in [-0.3, -0.25) is 4.79 Å². The summed E-state index contributed by atoms with van der Waals surface area (Å²) >= 11 is 0. The summed E-state index contributed by atoms with van der Waals surface area (Å²) in [5.74, 6) is -23.4. The number of unbranched alkanes of at least 4 members (excludes halogenated alkanes) is 1. The van der Waals surface area contributed by atoms with Gasteiger partial charge in [0.2, 0.25) is 0 Å². The number of benzene rings is 6. The molecule has 6 aromatic rings. The number of hydrogen-bond donors (Lipinski definition) is 1. The van der Waals surface area contributed by atoms with Crippen LogP contribution < -0.4 is 18.9 Å². The van der Waals surface area contributed by atoms with Gasteiger partial charge in [-0.05, 0) is 171 Å². The molecule has 12 rings (SSSR count). The molecule has 18 heteroatoms. The van der Waals surface area contributed by atoms with Gasteiger partial charge in [0, 0.05) is 36.2 Å². The topological polar surface area (TPSA) is 37.3 Å². The molecular weight excluding hydrogens is 1270 g/mol. The zero-order chi connectivity index (χ0) is 70.4. The Hall–Kier alpha value is -4.72. The van der Waals surface area contributed by atoms with E-state index in [0.29, 0.717) is 55.3 Å². The fourth-order valence-electron chi connectivity index (χ4n) is 16.5. The molecule has 0 amide bonds. The molecule has 0 heterocycles. The predicted molar refractivity (Wildman–Crippen MR) is 352 cm³/mol. The molecule has 530 valence electrons. The van der Waals surface area contributed by atoms with Crippen LogP contribution in [0.25, 0.3) is 32.3 Å². The molecule has 3 saturated carbocycles. The standard InChI is InChI=1S/C25H29F5O.C25H29F5.C16H13F5.C9H16O.C4H9.Li/c1-3-5-14-9-11-24(31,12-10-14)18-8-7-16-17-13-15(6-4-2)25(29,30)20(17)23(28)22(27)19(16)21(18)26;1-3-5-14-7-9-15(10-8-14)17-11-12-18-19-13-16(6-4-2)25(29,30)21(19)24(28)23(27)20(18)22(17)26;1-2-4-8-7-10-9-5-3-6-11(17)12(9)14(18)15(19)13(10)16(8,20)21;1-2-3-8-4-6-9(10)7-5-8;1-3-4-2;/h7-8,14-15,31H,3-6,9-13H2,1-2H3;11-12,14-16H,3-10,13H2,1-2H3;3,5-6,8H,2,4,7H2,1H3;8H,2-7H2,1H3;1,3-4H2,2H3;/q;;;;-1;+1. The van der Waals surface area contributed by atoms with E-state index < -0.39 is 126 Å². The molecule has 97 heavy (non-hydrogen) atoms. The molecule has 2 nitrogen and oxygen atoms in total. The monoisotopic (exact) mass is 1370 g/mol. The van der Waals surface area contributed by atoms with E-state index in [1.165, 1.54) is 49.6 Å². The van der Waals surface area contributed by atoms with E-state index in [9.17, 15) is 67.0 Å². The number of Topliss-reactive ketones (excluding diaryl/α,β-unsaturated/α-hetero) is 1. The zero-order valence-corrected chi connectivity index (χ0v) is 57.8. The first-order valence-electron chi connectivity index (χ1n) is 35.6. The van der Waals surface area contributed by atoms with Crippen LogP contribution in [0, 0.1) is 94.8 Å². The largest absolute Gasteiger partial charge is 1.00 e. The summed E-state index contributed by atoms with van der Waals surface area (Å²) in [6.07, 6.45) is 20.9. The third kappa shape index (κ3) is 16.1. The predicted octanol–water partition coefficient (Wildman–Crippen LogP) is 22.4. The smallest absolute Gasteiger partial charge is 0.385 e. The molecule has 0 saturated heterocycles. The minimum atomic E-state index is -3.49. The molecule has 0 radical (unpaired) electrons. The minimum Gasteiger partial charge on any atom is -0.385 e. The summed E-state index contributed by atoms with van der Waals surface area (Å²) in [5.41, 5.74) is -3.72. The molecule has 6 aliphatic rings. The maximum absolute atomic E-state index is 15.5. The van der Waals surface area contributed by atoms with Gasteiger partial charge in [0.25, 0.3) is 17.8 Å². The Balaban J connectivity index is 0.000000188. The van der Waals surface area contributed by atoms with Gasteiger partial charge >= 0.3 is 18.9 Å². The maximum Gasteiger partial charge on any atom is 1.00 e. The van der Waals surface area contributed by atoms with E-state index in [-0.39, 0.29) is 102 Å². The van der Waals surface area contributed by atoms with Crippen LogP contribution in [0.4, 0.5) is 65.9 Å². The van der Waals surface area contributed by atoms with Crippen molar-refractivity contribution in [1.29, 1.82) is 0 Å². The van der Waals surface area contributed by atoms with E-state index in [2.05, 4.69) is 34.6 Å². The summed E-state index contributed by atoms with van der Waals surface area (Å²) < 4.78 is 220. The Labute approximate surface area is 575 Å². The molecule has 3 atom stereocenters. The maximum atomic E-state index is 15.5. The number of carbonyl (C=O) groups excluding carboxylic acids is 1. The van der Waals surface area contributed by atoms with Gasteiger partial charge in [-0.2, -0.15) is 6.42 Å². The van der Waals surface area contributed by atoms with Crippen molar-refractivity contribution in [3.8, 4) is 0 Å². The Morgan fingerprint density at radius 3 is 1.19 bits per heavy atom. The average molecular weight is 1370 g/mol. The van der Waals surface area contributed by atoms with Gasteiger partial charge in [0.15, 0.2) is 34.9 Å². The van der Waals surface area contributed by atoms with E-state index >= 15 is 8.78 Å². The van der Waals surface area contributed by atoms with Gasteiger partial charge in [0.1, 0.15) is 23.2 Å². The third-order valence-corrected chi connectivity index (χ3v) is 21.7. The SMILES string of the molecule is CCCC1CCC(=O)CC1.CCCC1CCC(O)(c2ccc3c4c(c(F)c(F)c3c2F)C(F)(F)C(CCC)C4)CC1.CCCC1CCC(c2ccc3c4c(c(F)c(F)c3c2F)C(F)(F)C(CCC)C4)CC1.CCCC1Cc2c(c(F)c(F)c3c(F)cccc23)C1(F)F.[CH2-]CCC.[Li+]. The van der Waals surface area contributed by atoms with Crippen molar-refractivity contribution >= 4 is 38.1 Å². The summed E-state index contributed by atoms with van der Waals surface area (Å²) in [6.45, 7) is 17.5. The van der Waals surface area contributed by atoms with E-state index in [0.717, 1.165) is 108 Å². The summed E-state index contributed by atoms with van der Waals surface area (Å²) in [5, 5.41) is 9.66. The van der Waals surface area contributed by atoms with Gasteiger partial charge < -0.3 is 12.0 Å². The van der Waals surface area contributed by atoms with Crippen LogP contribution in [0.15, 0.2) is 42.5 Å². The van der Waals surface area contributed by atoms with E-state index in [1.54, 1.807) is 26.8 Å². The fourth-order valence-corrected chi connectivity index (χ4v) is 16.5. The van der Waals surface area contributed by atoms with Crippen molar-refractivity contribution in [2.75, 3.05) is 0 Å². The second-order valence-electron chi connectivity index (χ2n) is 28.2. The Morgan fingerprint density at radius 1 is 0.423 bits per heavy atom. The first kappa shape index (κ1) is 79.6. The summed E-state index contributed by atoms with van der Waals surface area (Å²) in [4.78, 5) is 10.8. The molecule has 1 N–H and O–H groups in total. The van der Waals surface area contributed by atoms with Gasteiger partial charge in [-0.1, -0.05) is 149 Å². The Morgan fingerprint density at radius 2 is 0.784 bits per heavy atom. The Kier molecular flexibility index (Phi) is 27.8. The van der Waals surface area contributed by atoms with Crippen molar-refractivity contribution in [1.82, 2.24) is 0 Å². The molecule has 0 bridgehead atoms. The van der Waals surface area contributed by atoms with Crippen molar-refractivity contribution in [2.45, 2.75) is 264 Å². The molecule has 0 aromatic heterocycles. The van der Waals surface area contributed by atoms with Crippen LogP contribution >= 0.6 is 0 Å². The number of aliphatic hydroxyl groups is 1. The van der Waals surface area contributed by atoms with Crippen molar-refractivity contribution in [3.63, 3.8) is 0 Å². The number of ketones is 1. The number of rotatable bonds is 15. The first-order valence-corrected chi connectivity index (χ1v) is 35.6. The quantitative estimate of drug-likeness (QED) is 0.0632. The van der Waals surface area contributed by atoms with Crippen molar-refractivity contribution < 1.29 is 94.6 Å². The second kappa shape index (κ2) is 33.8. The summed E-state index contributed by atoms with van der Waals surface area (Å²) in [7, 11) is 0. The van der Waals surface area contributed by atoms with Crippen LogP contribution in [0.1, 0.15) is 266 Å². The number of carbonyl (C=O) groups is 1. The number of halogens is 15. The van der Waals surface area contributed by atoms with Gasteiger partial charge in [-0.15, -0.1) is 0 Å². The van der Waals surface area contributed by atoms with Gasteiger partial charge in [0.05, 0.1) is 38.5 Å². The van der Waals surface area contributed by atoms with Crippen LogP contribution in [0.5, 0.6) is 0 Å². The Bertz CT molecular complexity index is 3670. The molecular formula is C79H96F15LiO2. The third-order valence-electron chi connectivity index (χ3n) is 21.7. The molecule has 6 aromatic carbocycles. The number of hydrogen-bond acceptors (Lipinski definition) is 2. The van der Waals surface area contributed by atoms with Gasteiger partial charge in [-0.25, -0.2) is 65.9 Å². The molecule has 3 fully saturated rings. The van der Waals surface area contributed by atoms with E-state index in [1.807, 2.05) is 0 Å². The van der Waals surface area contributed by atoms with Crippen LogP contribution in [-0.4, -0.2) is 10.9 Å². The average Bonchev–Trinajstić information content (AvgIpc) is 1.66. The second-order valence-corrected chi connectivity index (χ2v) is 28.2. The van der Waals surface area contributed by atoms with Crippen molar-refractivity contribution in [2.24, 2.45) is 35.5 Å². The summed E-state index contributed by atoms with van der Waals surface area (Å²) in [6, 6.07) is 9.60. The zero-order valence-electron chi connectivity index (χ0n) is 57.8. The molecule has 0 spiro atoms.